The first-order valence-corrected chi connectivity index (χ1v) is 14.2. The van der Waals surface area contributed by atoms with Crippen molar-refractivity contribution in [3.05, 3.63) is 76.3 Å². The van der Waals surface area contributed by atoms with Crippen molar-refractivity contribution < 1.29 is 38.1 Å². The SMILES string of the molecule is CCCOc1ccc(N2C(=O)NC(=O)/C(=C\c3ccc(OCC(=O)Nc4ccccc4OC)c(Br)c3)C2=O)cc1OCC. The fourth-order valence-electron chi connectivity index (χ4n) is 4.10. The fraction of sp³-hybridized carbons (Fsp3) is 0.226. The second-order valence-electron chi connectivity index (χ2n) is 9.10. The smallest absolute Gasteiger partial charge is 0.335 e. The second-order valence-corrected chi connectivity index (χ2v) is 9.95. The van der Waals surface area contributed by atoms with Gasteiger partial charge in [0.15, 0.2) is 18.1 Å². The molecule has 5 amide bonds. The number of nitrogens with zero attached hydrogens (tertiary/aromatic N) is 1. The molecule has 1 heterocycles. The van der Waals surface area contributed by atoms with Crippen molar-refractivity contribution in [2.75, 3.05) is 37.1 Å². The number of benzene rings is 3. The molecule has 3 aromatic rings. The number of rotatable bonds is 12. The van der Waals surface area contributed by atoms with Gasteiger partial charge in [-0.25, -0.2) is 9.69 Å². The molecular formula is C31H30BrN3O8. The van der Waals surface area contributed by atoms with Gasteiger partial charge in [0.25, 0.3) is 17.7 Å². The maximum Gasteiger partial charge on any atom is 0.335 e. The Hall–Kier alpha value is -4.84. The van der Waals surface area contributed by atoms with Crippen molar-refractivity contribution in [1.82, 2.24) is 5.32 Å². The summed E-state index contributed by atoms with van der Waals surface area (Å²) in [5.41, 5.74) is 0.950. The number of methoxy groups -OCH3 is 1. The predicted octanol–water partition coefficient (Wildman–Crippen LogP) is 5.33. The van der Waals surface area contributed by atoms with Gasteiger partial charge in [-0.2, -0.15) is 0 Å². The first kappa shape index (κ1) is 31.1. The first-order chi connectivity index (χ1) is 20.7. The molecule has 0 radical (unpaired) electrons. The number of amides is 5. The van der Waals surface area contributed by atoms with Gasteiger partial charge in [0.2, 0.25) is 0 Å². The van der Waals surface area contributed by atoms with Crippen LogP contribution in [-0.4, -0.2) is 50.7 Å². The highest BCUT2D eigenvalue weighted by Gasteiger charge is 2.37. The molecule has 12 heteroatoms. The number of halogens is 1. The van der Waals surface area contributed by atoms with Crippen LogP contribution in [-0.2, 0) is 14.4 Å². The van der Waals surface area contributed by atoms with Crippen molar-refractivity contribution in [3.63, 3.8) is 0 Å². The summed E-state index contributed by atoms with van der Waals surface area (Å²) in [7, 11) is 1.51. The summed E-state index contributed by atoms with van der Waals surface area (Å²) in [4.78, 5) is 52.1. The van der Waals surface area contributed by atoms with Crippen molar-refractivity contribution in [1.29, 1.82) is 0 Å². The minimum absolute atomic E-state index is 0.213. The van der Waals surface area contributed by atoms with Crippen molar-refractivity contribution in [3.8, 4) is 23.0 Å². The molecule has 224 valence electrons. The molecular weight excluding hydrogens is 622 g/mol. The van der Waals surface area contributed by atoms with Gasteiger partial charge < -0.3 is 24.3 Å². The Labute approximate surface area is 256 Å². The molecule has 1 aliphatic heterocycles. The van der Waals surface area contributed by atoms with E-state index in [0.717, 1.165) is 11.3 Å². The summed E-state index contributed by atoms with van der Waals surface area (Å²) >= 11 is 3.41. The lowest BCUT2D eigenvalue weighted by atomic mass is 10.1. The molecule has 43 heavy (non-hydrogen) atoms. The highest BCUT2D eigenvalue weighted by molar-refractivity contribution is 9.10. The van der Waals surface area contributed by atoms with Gasteiger partial charge >= 0.3 is 6.03 Å². The van der Waals surface area contributed by atoms with Crippen LogP contribution in [0.5, 0.6) is 23.0 Å². The van der Waals surface area contributed by atoms with Gasteiger partial charge in [-0.15, -0.1) is 0 Å². The van der Waals surface area contributed by atoms with Crippen LogP contribution in [0.1, 0.15) is 25.8 Å². The van der Waals surface area contributed by atoms with E-state index in [2.05, 4.69) is 26.6 Å². The molecule has 0 aromatic heterocycles. The minimum atomic E-state index is -0.881. The van der Waals surface area contributed by atoms with E-state index in [-0.39, 0.29) is 17.9 Å². The summed E-state index contributed by atoms with van der Waals surface area (Å²) in [6.07, 6.45) is 2.15. The zero-order chi connectivity index (χ0) is 30.9. The van der Waals surface area contributed by atoms with Gasteiger partial charge in [0.05, 0.1) is 36.2 Å². The average Bonchev–Trinajstić information content (AvgIpc) is 2.98. The molecule has 0 saturated carbocycles. The zero-order valence-corrected chi connectivity index (χ0v) is 25.4. The van der Waals surface area contributed by atoms with E-state index in [1.54, 1.807) is 61.5 Å². The van der Waals surface area contributed by atoms with Crippen LogP contribution in [0.15, 0.2) is 70.7 Å². The van der Waals surface area contributed by atoms with E-state index in [4.69, 9.17) is 18.9 Å². The lowest BCUT2D eigenvalue weighted by Crippen LogP contribution is -2.54. The van der Waals surface area contributed by atoms with E-state index >= 15 is 0 Å². The number of anilines is 2. The molecule has 4 rings (SSSR count). The Kier molecular flexibility index (Phi) is 10.4. The van der Waals surface area contributed by atoms with E-state index in [1.165, 1.54) is 19.3 Å². The fourth-order valence-corrected chi connectivity index (χ4v) is 4.61. The first-order valence-electron chi connectivity index (χ1n) is 13.4. The van der Waals surface area contributed by atoms with Gasteiger partial charge in [0, 0.05) is 6.07 Å². The molecule has 0 aliphatic carbocycles. The van der Waals surface area contributed by atoms with E-state index < -0.39 is 23.8 Å². The standard InChI is InChI=1S/C31H30BrN3O8/c1-4-14-42-26-13-11-20(17-27(26)41-5-2)35-30(38)21(29(37)34-31(35)39)15-19-10-12-24(22(32)16-19)43-18-28(36)33-23-8-6-7-9-25(23)40-3/h6-13,15-17H,4-5,14,18H2,1-3H3,(H,33,36)(H,34,37,39)/b21-15+. The number of hydrogen-bond acceptors (Lipinski definition) is 8. The Morgan fingerprint density at radius 1 is 0.930 bits per heavy atom. The van der Waals surface area contributed by atoms with Crippen LogP contribution in [0, 0.1) is 0 Å². The topological polar surface area (TPSA) is 132 Å². The molecule has 1 saturated heterocycles. The van der Waals surface area contributed by atoms with Gasteiger partial charge in [-0.1, -0.05) is 25.1 Å². The molecule has 3 aromatic carbocycles. The number of hydrogen-bond donors (Lipinski definition) is 2. The molecule has 0 unspecified atom stereocenters. The Morgan fingerprint density at radius 3 is 2.42 bits per heavy atom. The second kappa shape index (κ2) is 14.4. The molecule has 11 nitrogen and oxygen atoms in total. The third kappa shape index (κ3) is 7.52. The van der Waals surface area contributed by atoms with E-state index in [9.17, 15) is 19.2 Å². The number of urea groups is 1. The lowest BCUT2D eigenvalue weighted by molar-refractivity contribution is -0.122. The highest BCUT2D eigenvalue weighted by atomic mass is 79.9. The number of nitrogens with one attached hydrogen (secondary N) is 2. The largest absolute Gasteiger partial charge is 0.495 e. The minimum Gasteiger partial charge on any atom is -0.495 e. The molecule has 0 bridgehead atoms. The normalized spacial score (nSPS) is 13.9. The van der Waals surface area contributed by atoms with Crippen LogP contribution < -0.4 is 34.5 Å². The third-order valence-corrected chi connectivity index (χ3v) is 6.68. The number of para-hydroxylation sites is 2. The Bertz CT molecular complexity index is 1570. The summed E-state index contributed by atoms with van der Waals surface area (Å²) < 4.78 is 22.7. The molecule has 1 aliphatic rings. The Morgan fingerprint density at radius 2 is 1.70 bits per heavy atom. The van der Waals surface area contributed by atoms with Crippen LogP contribution in [0.4, 0.5) is 16.2 Å². The van der Waals surface area contributed by atoms with Crippen LogP contribution in [0.3, 0.4) is 0 Å². The molecule has 0 atom stereocenters. The average molecular weight is 652 g/mol. The van der Waals surface area contributed by atoms with E-state index in [0.29, 0.717) is 51.9 Å². The number of ether oxygens (including phenoxy) is 4. The van der Waals surface area contributed by atoms with Gasteiger partial charge in [0.1, 0.15) is 17.1 Å². The number of carbonyl (C=O) groups is 4. The van der Waals surface area contributed by atoms with Crippen LogP contribution in [0.2, 0.25) is 0 Å². The highest BCUT2D eigenvalue weighted by Crippen LogP contribution is 2.34. The third-order valence-electron chi connectivity index (χ3n) is 6.06. The zero-order valence-electron chi connectivity index (χ0n) is 23.8. The lowest BCUT2D eigenvalue weighted by Gasteiger charge is -2.27. The van der Waals surface area contributed by atoms with Crippen molar-refractivity contribution >= 4 is 57.1 Å². The summed E-state index contributed by atoms with van der Waals surface area (Å²) in [6.45, 7) is 4.32. The molecule has 0 spiro atoms. The number of carbonyl (C=O) groups excluding carboxylic acids is 4. The number of imide groups is 2. The van der Waals surface area contributed by atoms with Gasteiger partial charge in [-0.3, -0.25) is 19.7 Å². The molecule has 2 N–H and O–H groups in total. The maximum atomic E-state index is 13.4. The Balaban J connectivity index is 1.50. The quantitative estimate of drug-likeness (QED) is 0.198. The van der Waals surface area contributed by atoms with Crippen LogP contribution >= 0.6 is 15.9 Å². The monoisotopic (exact) mass is 651 g/mol. The van der Waals surface area contributed by atoms with Crippen LogP contribution in [0.25, 0.3) is 6.08 Å². The van der Waals surface area contributed by atoms with Gasteiger partial charge in [-0.05, 0) is 77.3 Å². The van der Waals surface area contributed by atoms with E-state index in [1.807, 2.05) is 6.92 Å². The molecule has 1 fully saturated rings. The number of barbiturate groups is 1. The maximum absolute atomic E-state index is 13.4. The van der Waals surface area contributed by atoms with Crippen molar-refractivity contribution in [2.24, 2.45) is 0 Å². The summed E-state index contributed by atoms with van der Waals surface area (Å²) in [5.74, 6) is -0.298. The summed E-state index contributed by atoms with van der Waals surface area (Å²) in [5, 5.41) is 4.94. The van der Waals surface area contributed by atoms with Crippen molar-refractivity contribution in [2.45, 2.75) is 20.3 Å². The predicted molar refractivity (Wildman–Crippen MR) is 164 cm³/mol. The summed E-state index contributed by atoms with van der Waals surface area (Å²) in [6, 6.07) is 15.6.